The molecule has 0 aliphatic carbocycles. The van der Waals surface area contributed by atoms with E-state index in [0.717, 1.165) is 25.8 Å². The van der Waals surface area contributed by atoms with Gasteiger partial charge in [-0.1, -0.05) is 40.2 Å². The first-order valence-electron chi connectivity index (χ1n) is 14.7. The standard InChI is InChI=1S/C30H54N4O5S/c1-11-39-30(38)23(15-17-40-10)31-27(35)22(8)18-25(19(2)3)33(9)29(37)26(20(4)5)32-28(36)24-14-12-13-16-34(24)21(6)7/h18-21,23-26H,11-17H2,1-10H3,(H,31,35)(H,32,36)/b22-18+/t23?,24?,25-,26?/m1/s1. The Bertz CT molecular complexity index is 876. The second-order valence-corrected chi connectivity index (χ2v) is 12.7. The van der Waals surface area contributed by atoms with Crippen LogP contribution < -0.4 is 10.6 Å². The number of hydrogen-bond donors (Lipinski definition) is 2. The van der Waals surface area contributed by atoms with Crippen LogP contribution in [0.2, 0.25) is 0 Å². The molecule has 2 N–H and O–H groups in total. The van der Waals surface area contributed by atoms with Gasteiger partial charge in [0.25, 0.3) is 0 Å². The van der Waals surface area contributed by atoms with Gasteiger partial charge in [0, 0.05) is 18.7 Å². The smallest absolute Gasteiger partial charge is 0.328 e. The highest BCUT2D eigenvalue weighted by Gasteiger charge is 2.36. The molecule has 230 valence electrons. The fourth-order valence-electron chi connectivity index (χ4n) is 5.07. The number of esters is 1. The molecule has 9 nitrogen and oxygen atoms in total. The number of nitrogens with one attached hydrogen (secondary N) is 2. The van der Waals surface area contributed by atoms with Crippen molar-refractivity contribution in [3.8, 4) is 0 Å². The zero-order chi connectivity index (χ0) is 30.6. The van der Waals surface area contributed by atoms with Crippen LogP contribution in [-0.2, 0) is 23.9 Å². The van der Waals surface area contributed by atoms with Crippen LogP contribution in [0, 0.1) is 11.8 Å². The SMILES string of the molecule is CCOC(=O)C(CCSC)NC(=O)/C(C)=C/[C@H](C(C)C)N(C)C(=O)C(NC(=O)C1CCCCN1C(C)C)C(C)C. The summed E-state index contributed by atoms with van der Waals surface area (Å²) in [6, 6.07) is -1.78. The van der Waals surface area contributed by atoms with Gasteiger partial charge in [0.2, 0.25) is 17.7 Å². The molecule has 1 aliphatic rings. The van der Waals surface area contributed by atoms with Gasteiger partial charge in [-0.3, -0.25) is 19.3 Å². The largest absolute Gasteiger partial charge is 0.464 e. The Hall–Kier alpha value is -2.07. The van der Waals surface area contributed by atoms with E-state index in [1.54, 1.807) is 43.6 Å². The zero-order valence-electron chi connectivity index (χ0n) is 26.4. The Balaban J connectivity index is 3.09. The molecule has 1 heterocycles. The van der Waals surface area contributed by atoms with Crippen LogP contribution in [0.15, 0.2) is 11.6 Å². The van der Waals surface area contributed by atoms with Crippen molar-refractivity contribution in [3.63, 3.8) is 0 Å². The second kappa shape index (κ2) is 17.7. The molecular weight excluding hydrogens is 528 g/mol. The summed E-state index contributed by atoms with van der Waals surface area (Å²) in [6.45, 7) is 16.6. The minimum Gasteiger partial charge on any atom is -0.464 e. The minimum atomic E-state index is -0.731. The number of likely N-dealkylation sites (tertiary alicyclic amines) is 1. The van der Waals surface area contributed by atoms with Gasteiger partial charge in [-0.15, -0.1) is 0 Å². The number of likely N-dealkylation sites (N-methyl/N-ethyl adjacent to an activating group) is 1. The number of nitrogens with zero attached hydrogens (tertiary/aromatic N) is 2. The van der Waals surface area contributed by atoms with Gasteiger partial charge < -0.3 is 20.3 Å². The van der Waals surface area contributed by atoms with E-state index in [1.807, 2.05) is 34.0 Å². The Morgan fingerprint density at radius 2 is 1.70 bits per heavy atom. The maximum Gasteiger partial charge on any atom is 0.328 e. The molecule has 1 rings (SSSR count). The fourth-order valence-corrected chi connectivity index (χ4v) is 5.54. The third kappa shape index (κ3) is 10.7. The molecule has 10 heteroatoms. The quantitative estimate of drug-likeness (QED) is 0.224. The van der Waals surface area contributed by atoms with E-state index in [2.05, 4.69) is 29.4 Å². The minimum absolute atomic E-state index is 0.00679. The lowest BCUT2D eigenvalue weighted by Crippen LogP contribution is -2.58. The molecule has 40 heavy (non-hydrogen) atoms. The number of amides is 3. The molecule has 0 aromatic rings. The summed E-state index contributed by atoms with van der Waals surface area (Å²) in [5, 5.41) is 5.87. The van der Waals surface area contributed by atoms with Crippen molar-refractivity contribution in [1.82, 2.24) is 20.4 Å². The summed E-state index contributed by atoms with van der Waals surface area (Å²) in [4.78, 5) is 56.4. The molecule has 1 saturated heterocycles. The lowest BCUT2D eigenvalue weighted by molar-refractivity contribution is -0.147. The van der Waals surface area contributed by atoms with Gasteiger partial charge in [0.15, 0.2) is 0 Å². The molecule has 0 saturated carbocycles. The zero-order valence-corrected chi connectivity index (χ0v) is 27.2. The first-order chi connectivity index (χ1) is 18.8. The van der Waals surface area contributed by atoms with Crippen LogP contribution in [0.5, 0.6) is 0 Å². The van der Waals surface area contributed by atoms with Gasteiger partial charge >= 0.3 is 5.97 Å². The third-order valence-corrected chi connectivity index (χ3v) is 8.13. The lowest BCUT2D eigenvalue weighted by Gasteiger charge is -2.39. The Labute approximate surface area is 246 Å². The highest BCUT2D eigenvalue weighted by atomic mass is 32.2. The number of piperidine rings is 1. The van der Waals surface area contributed by atoms with Gasteiger partial charge in [-0.25, -0.2) is 4.79 Å². The second-order valence-electron chi connectivity index (χ2n) is 11.7. The lowest BCUT2D eigenvalue weighted by atomic mass is 9.95. The summed E-state index contributed by atoms with van der Waals surface area (Å²) >= 11 is 1.59. The topological polar surface area (TPSA) is 108 Å². The van der Waals surface area contributed by atoms with Crippen LogP contribution in [0.25, 0.3) is 0 Å². The average Bonchev–Trinajstić information content (AvgIpc) is 2.90. The molecule has 0 radical (unpaired) electrons. The molecular formula is C30H54N4O5S. The Morgan fingerprint density at radius 3 is 2.23 bits per heavy atom. The molecule has 0 spiro atoms. The number of ether oxygens (including phenoxy) is 1. The maximum absolute atomic E-state index is 13.8. The van der Waals surface area contributed by atoms with Gasteiger partial charge in [-0.2, -0.15) is 11.8 Å². The number of carbonyl (C=O) groups excluding carboxylic acids is 4. The van der Waals surface area contributed by atoms with E-state index in [-0.39, 0.29) is 54.3 Å². The summed E-state index contributed by atoms with van der Waals surface area (Å²) in [6.07, 6.45) is 7.04. The van der Waals surface area contributed by atoms with Crippen molar-refractivity contribution >= 4 is 35.5 Å². The van der Waals surface area contributed by atoms with Crippen LogP contribution in [-0.4, -0.2) is 95.9 Å². The molecule has 0 bridgehead atoms. The van der Waals surface area contributed by atoms with Gasteiger partial charge in [0.1, 0.15) is 12.1 Å². The van der Waals surface area contributed by atoms with Crippen molar-refractivity contribution in [3.05, 3.63) is 11.6 Å². The van der Waals surface area contributed by atoms with E-state index < -0.39 is 18.1 Å². The van der Waals surface area contributed by atoms with Crippen molar-refractivity contribution < 1.29 is 23.9 Å². The fraction of sp³-hybridized carbons (Fsp3) is 0.800. The summed E-state index contributed by atoms with van der Waals surface area (Å²) in [5.74, 6) is -0.513. The molecule has 0 aromatic carbocycles. The summed E-state index contributed by atoms with van der Waals surface area (Å²) in [5.41, 5.74) is 0.414. The Kier molecular flexibility index (Phi) is 15.9. The van der Waals surface area contributed by atoms with Gasteiger partial charge in [0.05, 0.1) is 18.7 Å². The molecule has 1 fully saturated rings. The first-order valence-corrected chi connectivity index (χ1v) is 16.1. The normalized spacial score (nSPS) is 18.8. The highest BCUT2D eigenvalue weighted by molar-refractivity contribution is 7.98. The van der Waals surface area contributed by atoms with Crippen LogP contribution >= 0.6 is 11.8 Å². The number of hydrogen-bond acceptors (Lipinski definition) is 7. The molecule has 3 unspecified atom stereocenters. The van der Waals surface area contributed by atoms with Crippen LogP contribution in [0.1, 0.15) is 81.1 Å². The highest BCUT2D eigenvalue weighted by Crippen LogP contribution is 2.21. The summed E-state index contributed by atoms with van der Waals surface area (Å²) < 4.78 is 5.14. The Morgan fingerprint density at radius 1 is 1.05 bits per heavy atom. The van der Waals surface area contributed by atoms with Crippen molar-refractivity contribution in [2.75, 3.05) is 32.2 Å². The van der Waals surface area contributed by atoms with E-state index in [0.29, 0.717) is 17.7 Å². The molecule has 0 aromatic heterocycles. The molecule has 3 amide bonds. The number of rotatable bonds is 15. The van der Waals surface area contributed by atoms with Gasteiger partial charge in [-0.05, 0) is 77.3 Å². The monoisotopic (exact) mass is 582 g/mol. The summed E-state index contributed by atoms with van der Waals surface area (Å²) in [7, 11) is 1.72. The number of thioether (sulfide) groups is 1. The molecule has 1 aliphatic heterocycles. The number of carbonyl (C=O) groups is 4. The van der Waals surface area contributed by atoms with Crippen molar-refractivity contribution in [2.45, 2.75) is 111 Å². The predicted octanol–water partition coefficient (Wildman–Crippen LogP) is 3.62. The van der Waals surface area contributed by atoms with E-state index >= 15 is 0 Å². The van der Waals surface area contributed by atoms with E-state index in [1.165, 1.54) is 0 Å². The maximum atomic E-state index is 13.8. The van der Waals surface area contributed by atoms with Crippen LogP contribution in [0.3, 0.4) is 0 Å². The third-order valence-electron chi connectivity index (χ3n) is 7.48. The molecule has 4 atom stereocenters. The van der Waals surface area contributed by atoms with Crippen molar-refractivity contribution in [1.29, 1.82) is 0 Å². The van der Waals surface area contributed by atoms with Crippen LogP contribution in [0.4, 0.5) is 0 Å². The predicted molar refractivity (Wildman–Crippen MR) is 163 cm³/mol. The van der Waals surface area contributed by atoms with E-state index in [4.69, 9.17) is 4.74 Å². The first kappa shape index (κ1) is 36.0. The average molecular weight is 583 g/mol. The van der Waals surface area contributed by atoms with E-state index in [9.17, 15) is 19.2 Å². The van der Waals surface area contributed by atoms with Crippen molar-refractivity contribution in [2.24, 2.45) is 11.8 Å².